The second-order valence-corrected chi connectivity index (χ2v) is 7.08. The van der Waals surface area contributed by atoms with Crippen LogP contribution in [-0.2, 0) is 9.84 Å². The minimum absolute atomic E-state index is 0.289. The van der Waals surface area contributed by atoms with Gasteiger partial charge in [-0.05, 0) is 32.2 Å². The first kappa shape index (κ1) is 11.4. The highest BCUT2D eigenvalue weighted by atomic mass is 32.2. The monoisotopic (exact) mass is 232 g/mol. The molecule has 0 bridgehead atoms. The molecule has 0 aromatic heterocycles. The molecule has 0 aromatic carbocycles. The molecular weight excluding hydrogens is 212 g/mol. The third kappa shape index (κ3) is 2.92. The third-order valence-electron chi connectivity index (χ3n) is 3.53. The normalized spacial score (nSPS) is 34.1. The SMILES string of the molecule is NC1CCCN(C2CCS(=O)(=O)CC2)C1. The van der Waals surface area contributed by atoms with E-state index in [1.807, 2.05) is 0 Å². The fraction of sp³-hybridized carbons (Fsp3) is 1.00. The average Bonchev–Trinajstić information content (AvgIpc) is 2.17. The largest absolute Gasteiger partial charge is 0.327 e. The molecule has 2 aliphatic rings. The summed E-state index contributed by atoms with van der Waals surface area (Å²) in [6.07, 6.45) is 3.87. The van der Waals surface area contributed by atoms with Crippen molar-refractivity contribution >= 4 is 9.84 Å². The average molecular weight is 232 g/mol. The van der Waals surface area contributed by atoms with E-state index < -0.39 is 9.84 Å². The zero-order chi connectivity index (χ0) is 10.9. The maximum atomic E-state index is 11.3. The number of hydrogen-bond donors (Lipinski definition) is 1. The summed E-state index contributed by atoms with van der Waals surface area (Å²) < 4.78 is 22.6. The number of rotatable bonds is 1. The Kier molecular flexibility index (Phi) is 3.33. The zero-order valence-corrected chi connectivity index (χ0v) is 9.88. The number of nitrogens with two attached hydrogens (primary N) is 1. The summed E-state index contributed by atoms with van der Waals surface area (Å²) in [6.45, 7) is 2.04. The lowest BCUT2D eigenvalue weighted by molar-refractivity contribution is 0.140. The minimum Gasteiger partial charge on any atom is -0.327 e. The second kappa shape index (κ2) is 4.39. The molecule has 1 atom stereocenters. The van der Waals surface area contributed by atoms with Gasteiger partial charge < -0.3 is 5.73 Å². The summed E-state index contributed by atoms with van der Waals surface area (Å²) in [5, 5.41) is 0. The second-order valence-electron chi connectivity index (χ2n) is 4.78. The lowest BCUT2D eigenvalue weighted by Gasteiger charge is -2.38. The maximum Gasteiger partial charge on any atom is 0.150 e. The molecule has 0 aromatic rings. The Morgan fingerprint density at radius 2 is 1.80 bits per heavy atom. The molecular formula is C10H20N2O2S. The Labute approximate surface area is 91.7 Å². The van der Waals surface area contributed by atoms with Crippen molar-refractivity contribution in [1.29, 1.82) is 0 Å². The molecule has 1 unspecified atom stereocenters. The molecule has 4 nitrogen and oxygen atoms in total. The topological polar surface area (TPSA) is 63.4 Å². The van der Waals surface area contributed by atoms with E-state index >= 15 is 0 Å². The molecule has 5 heteroatoms. The van der Waals surface area contributed by atoms with Gasteiger partial charge in [-0.1, -0.05) is 0 Å². The van der Waals surface area contributed by atoms with Gasteiger partial charge in [-0.25, -0.2) is 8.42 Å². The summed E-state index contributed by atoms with van der Waals surface area (Å²) >= 11 is 0. The first-order valence-electron chi connectivity index (χ1n) is 5.77. The highest BCUT2D eigenvalue weighted by Crippen LogP contribution is 2.21. The number of nitrogens with zero attached hydrogens (tertiary/aromatic N) is 1. The molecule has 0 amide bonds. The van der Waals surface area contributed by atoms with Crippen LogP contribution in [0.5, 0.6) is 0 Å². The van der Waals surface area contributed by atoms with E-state index in [4.69, 9.17) is 5.73 Å². The molecule has 88 valence electrons. The highest BCUT2D eigenvalue weighted by molar-refractivity contribution is 7.91. The first-order chi connectivity index (χ1) is 7.07. The molecule has 0 radical (unpaired) electrons. The lowest BCUT2D eigenvalue weighted by Crippen LogP contribution is -2.49. The van der Waals surface area contributed by atoms with Gasteiger partial charge in [-0.3, -0.25) is 4.90 Å². The van der Waals surface area contributed by atoms with Crippen molar-refractivity contribution in [3.05, 3.63) is 0 Å². The quantitative estimate of drug-likeness (QED) is 0.690. The van der Waals surface area contributed by atoms with Crippen LogP contribution in [0.25, 0.3) is 0 Å². The van der Waals surface area contributed by atoms with Gasteiger partial charge in [0.05, 0.1) is 11.5 Å². The van der Waals surface area contributed by atoms with E-state index in [-0.39, 0.29) is 6.04 Å². The predicted molar refractivity (Wildman–Crippen MR) is 60.5 cm³/mol. The van der Waals surface area contributed by atoms with Crippen LogP contribution in [0.4, 0.5) is 0 Å². The first-order valence-corrected chi connectivity index (χ1v) is 7.59. The standard InChI is InChI=1S/C10H20N2O2S/c11-9-2-1-5-12(8-9)10-3-6-15(13,14)7-4-10/h9-10H,1-8,11H2. The Morgan fingerprint density at radius 1 is 1.13 bits per heavy atom. The molecule has 2 fully saturated rings. The molecule has 0 spiro atoms. The van der Waals surface area contributed by atoms with Gasteiger partial charge in [-0.15, -0.1) is 0 Å². The van der Waals surface area contributed by atoms with Crippen molar-refractivity contribution in [2.45, 2.75) is 37.8 Å². The van der Waals surface area contributed by atoms with Gasteiger partial charge >= 0.3 is 0 Å². The van der Waals surface area contributed by atoms with Crippen molar-refractivity contribution in [1.82, 2.24) is 4.90 Å². The predicted octanol–water partition coefficient (Wildman–Crippen LogP) is -0.0133. The molecule has 15 heavy (non-hydrogen) atoms. The highest BCUT2D eigenvalue weighted by Gasteiger charge is 2.29. The fourth-order valence-electron chi connectivity index (χ4n) is 2.61. The summed E-state index contributed by atoms with van der Waals surface area (Å²) in [6, 6.07) is 0.747. The molecule has 2 saturated heterocycles. The van der Waals surface area contributed by atoms with Gasteiger partial charge in [0.15, 0.2) is 0 Å². The number of sulfone groups is 1. The van der Waals surface area contributed by atoms with Crippen molar-refractivity contribution in [3.63, 3.8) is 0 Å². The van der Waals surface area contributed by atoms with Crippen molar-refractivity contribution in [2.24, 2.45) is 5.73 Å². The Morgan fingerprint density at radius 3 is 2.40 bits per heavy atom. The van der Waals surface area contributed by atoms with Crippen LogP contribution < -0.4 is 5.73 Å². The van der Waals surface area contributed by atoms with Crippen LogP contribution in [0.3, 0.4) is 0 Å². The van der Waals surface area contributed by atoms with Crippen LogP contribution >= 0.6 is 0 Å². The number of piperidine rings is 1. The number of likely N-dealkylation sites (tertiary alicyclic amines) is 1. The van der Waals surface area contributed by atoms with Crippen LogP contribution in [0.2, 0.25) is 0 Å². The van der Waals surface area contributed by atoms with E-state index in [0.29, 0.717) is 17.5 Å². The fourth-order valence-corrected chi connectivity index (χ4v) is 4.08. The van der Waals surface area contributed by atoms with Crippen molar-refractivity contribution < 1.29 is 8.42 Å². The van der Waals surface area contributed by atoms with Gasteiger partial charge in [0.2, 0.25) is 0 Å². The minimum atomic E-state index is -2.73. The van der Waals surface area contributed by atoms with Gasteiger partial charge in [0.25, 0.3) is 0 Å². The molecule has 2 aliphatic heterocycles. The lowest BCUT2D eigenvalue weighted by atomic mass is 10.0. The van der Waals surface area contributed by atoms with E-state index in [0.717, 1.165) is 38.8 Å². The summed E-state index contributed by atoms with van der Waals surface area (Å²) in [5.41, 5.74) is 5.93. The Hall–Kier alpha value is -0.130. The van der Waals surface area contributed by atoms with E-state index in [1.54, 1.807) is 0 Å². The molecule has 2 rings (SSSR count). The van der Waals surface area contributed by atoms with E-state index in [2.05, 4.69) is 4.90 Å². The van der Waals surface area contributed by atoms with Gasteiger partial charge in [-0.2, -0.15) is 0 Å². The van der Waals surface area contributed by atoms with E-state index in [9.17, 15) is 8.42 Å². The van der Waals surface area contributed by atoms with Crippen LogP contribution in [0, 0.1) is 0 Å². The Bertz CT molecular complexity index is 301. The molecule has 2 heterocycles. The summed E-state index contributed by atoms with van der Waals surface area (Å²) in [4.78, 5) is 2.39. The third-order valence-corrected chi connectivity index (χ3v) is 5.25. The van der Waals surface area contributed by atoms with E-state index in [1.165, 1.54) is 0 Å². The maximum absolute atomic E-state index is 11.3. The van der Waals surface area contributed by atoms with Crippen LogP contribution in [0.15, 0.2) is 0 Å². The zero-order valence-electron chi connectivity index (χ0n) is 9.06. The van der Waals surface area contributed by atoms with Gasteiger partial charge in [0, 0.05) is 18.6 Å². The summed E-state index contributed by atoms with van der Waals surface area (Å²) in [7, 11) is -2.73. The van der Waals surface area contributed by atoms with Crippen LogP contribution in [-0.4, -0.2) is 50.0 Å². The summed E-state index contributed by atoms with van der Waals surface area (Å²) in [5.74, 6) is 0.729. The molecule has 2 N–H and O–H groups in total. The number of hydrogen-bond acceptors (Lipinski definition) is 4. The van der Waals surface area contributed by atoms with Crippen molar-refractivity contribution in [3.8, 4) is 0 Å². The molecule has 0 aliphatic carbocycles. The van der Waals surface area contributed by atoms with Gasteiger partial charge in [0.1, 0.15) is 9.84 Å². The Balaban J connectivity index is 1.90. The van der Waals surface area contributed by atoms with Crippen molar-refractivity contribution in [2.75, 3.05) is 24.6 Å². The van der Waals surface area contributed by atoms with Crippen LogP contribution in [0.1, 0.15) is 25.7 Å². The smallest absolute Gasteiger partial charge is 0.150 e. The molecule has 0 saturated carbocycles.